The van der Waals surface area contributed by atoms with Crippen LogP contribution in [0.1, 0.15) is 37.9 Å². The van der Waals surface area contributed by atoms with E-state index in [1.165, 1.54) is 4.31 Å². The van der Waals surface area contributed by atoms with Gasteiger partial charge in [0, 0.05) is 13.1 Å². The average molecular weight is 443 g/mol. The van der Waals surface area contributed by atoms with Crippen molar-refractivity contribution in [3.8, 4) is 0 Å². The van der Waals surface area contributed by atoms with Crippen molar-refractivity contribution in [1.82, 2.24) is 9.62 Å². The first-order chi connectivity index (χ1) is 13.2. The van der Waals surface area contributed by atoms with Crippen LogP contribution in [0.5, 0.6) is 0 Å². The third-order valence-corrected chi connectivity index (χ3v) is 7.25. The smallest absolute Gasteiger partial charge is 0.243 e. The van der Waals surface area contributed by atoms with Crippen LogP contribution >= 0.6 is 23.2 Å². The summed E-state index contributed by atoms with van der Waals surface area (Å²) in [6, 6.07) is 11.4. The van der Waals surface area contributed by atoms with Crippen LogP contribution in [0.25, 0.3) is 0 Å². The lowest BCUT2D eigenvalue weighted by atomic mass is 10.1. The largest absolute Gasteiger partial charge is 0.349 e. The van der Waals surface area contributed by atoms with Crippen LogP contribution in [0.2, 0.25) is 10.0 Å². The van der Waals surface area contributed by atoms with Crippen molar-refractivity contribution in [2.24, 2.45) is 0 Å². The van der Waals surface area contributed by atoms with Crippen LogP contribution in [0.4, 0.5) is 0 Å². The summed E-state index contributed by atoms with van der Waals surface area (Å²) in [5.74, 6) is -0.161. The van der Waals surface area contributed by atoms with E-state index < -0.39 is 10.0 Å². The summed E-state index contributed by atoms with van der Waals surface area (Å²) in [5, 5.41) is 3.76. The van der Waals surface area contributed by atoms with Gasteiger partial charge >= 0.3 is 0 Å². The minimum atomic E-state index is -3.49. The maximum absolute atomic E-state index is 12.5. The molecule has 0 aromatic heterocycles. The van der Waals surface area contributed by atoms with Gasteiger partial charge in [-0.3, -0.25) is 4.79 Å². The van der Waals surface area contributed by atoms with Crippen LogP contribution in [0.3, 0.4) is 0 Å². The van der Waals surface area contributed by atoms with E-state index in [1.54, 1.807) is 56.3 Å². The highest BCUT2D eigenvalue weighted by Crippen LogP contribution is 2.23. The third kappa shape index (κ3) is 5.47. The highest BCUT2D eigenvalue weighted by atomic mass is 35.5. The molecule has 0 heterocycles. The fourth-order valence-corrected chi connectivity index (χ4v) is 4.63. The molecule has 0 bridgehead atoms. The van der Waals surface area contributed by atoms with E-state index in [-0.39, 0.29) is 23.3 Å². The molecule has 1 atom stereocenters. The van der Waals surface area contributed by atoms with E-state index in [2.05, 4.69) is 5.32 Å². The van der Waals surface area contributed by atoms with Crippen molar-refractivity contribution in [1.29, 1.82) is 0 Å². The van der Waals surface area contributed by atoms with Gasteiger partial charge < -0.3 is 5.32 Å². The molecule has 2 rings (SSSR count). The highest BCUT2D eigenvalue weighted by Gasteiger charge is 2.21. The molecular weight excluding hydrogens is 419 g/mol. The number of hydrogen-bond donors (Lipinski definition) is 1. The van der Waals surface area contributed by atoms with E-state index >= 15 is 0 Å². The van der Waals surface area contributed by atoms with Crippen LogP contribution in [-0.4, -0.2) is 31.7 Å². The molecule has 0 saturated carbocycles. The van der Waals surface area contributed by atoms with Gasteiger partial charge in [-0.25, -0.2) is 8.42 Å². The van der Waals surface area contributed by atoms with Crippen molar-refractivity contribution in [3.63, 3.8) is 0 Å². The first-order valence-electron chi connectivity index (χ1n) is 9.02. The van der Waals surface area contributed by atoms with Gasteiger partial charge in [0.1, 0.15) is 0 Å². The van der Waals surface area contributed by atoms with Crippen molar-refractivity contribution in [3.05, 3.63) is 63.6 Å². The number of amides is 1. The van der Waals surface area contributed by atoms with Crippen LogP contribution in [0.15, 0.2) is 47.4 Å². The van der Waals surface area contributed by atoms with E-state index in [0.717, 1.165) is 11.1 Å². The van der Waals surface area contributed by atoms with Gasteiger partial charge in [0.25, 0.3) is 0 Å². The zero-order valence-electron chi connectivity index (χ0n) is 16.1. The molecule has 152 valence electrons. The monoisotopic (exact) mass is 442 g/mol. The molecule has 0 aliphatic heterocycles. The molecule has 1 amide bonds. The number of nitrogens with zero attached hydrogens (tertiary/aromatic N) is 1. The Morgan fingerprint density at radius 2 is 1.64 bits per heavy atom. The predicted octanol–water partition coefficient (Wildman–Crippen LogP) is 4.44. The summed E-state index contributed by atoms with van der Waals surface area (Å²) < 4.78 is 26.5. The molecular formula is C20H24Cl2N2O3S. The van der Waals surface area contributed by atoms with Gasteiger partial charge in [0.2, 0.25) is 15.9 Å². The molecule has 0 saturated heterocycles. The van der Waals surface area contributed by atoms with Crippen molar-refractivity contribution < 1.29 is 13.2 Å². The lowest BCUT2D eigenvalue weighted by molar-refractivity contribution is -0.121. The predicted molar refractivity (Wildman–Crippen MR) is 113 cm³/mol. The maximum atomic E-state index is 12.5. The van der Waals surface area contributed by atoms with Gasteiger partial charge in [-0.05, 0) is 42.3 Å². The lowest BCUT2D eigenvalue weighted by Gasteiger charge is -2.19. The summed E-state index contributed by atoms with van der Waals surface area (Å²) in [5.41, 5.74) is 1.58. The number of rotatable bonds is 8. The Morgan fingerprint density at radius 3 is 2.18 bits per heavy atom. The topological polar surface area (TPSA) is 66.5 Å². The second-order valence-corrected chi connectivity index (χ2v) is 9.13. The van der Waals surface area contributed by atoms with Gasteiger partial charge in [0.05, 0.1) is 27.4 Å². The minimum absolute atomic E-state index is 0.161. The SMILES string of the molecule is CCN(CC)S(=O)(=O)c1ccc(C(C)NC(=O)Cc2ccc(Cl)c(Cl)c2)cc1. The normalized spacial score (nSPS) is 12.8. The van der Waals surface area contributed by atoms with Crippen LogP contribution < -0.4 is 5.32 Å². The first kappa shape index (κ1) is 22.7. The summed E-state index contributed by atoms with van der Waals surface area (Å²) in [6.45, 7) is 6.30. The zero-order valence-corrected chi connectivity index (χ0v) is 18.4. The van der Waals surface area contributed by atoms with Gasteiger partial charge in [-0.1, -0.05) is 55.2 Å². The molecule has 0 aliphatic carbocycles. The second-order valence-electron chi connectivity index (χ2n) is 6.37. The molecule has 5 nitrogen and oxygen atoms in total. The van der Waals surface area contributed by atoms with E-state index in [1.807, 2.05) is 6.92 Å². The zero-order chi connectivity index (χ0) is 20.9. The number of hydrogen-bond acceptors (Lipinski definition) is 3. The molecule has 2 aromatic rings. The number of benzene rings is 2. The number of carbonyl (C=O) groups excluding carboxylic acids is 1. The average Bonchev–Trinajstić information content (AvgIpc) is 2.65. The molecule has 0 radical (unpaired) electrons. The summed E-state index contributed by atoms with van der Waals surface area (Å²) in [7, 11) is -3.49. The number of sulfonamides is 1. The second kappa shape index (κ2) is 9.74. The Kier molecular flexibility index (Phi) is 7.89. The summed E-state index contributed by atoms with van der Waals surface area (Å²) in [4.78, 5) is 12.5. The molecule has 1 N–H and O–H groups in total. The molecule has 2 aromatic carbocycles. The standard InChI is InChI=1S/C20H24Cl2N2O3S/c1-4-24(5-2)28(26,27)17-9-7-16(8-10-17)14(3)23-20(25)13-15-6-11-18(21)19(22)12-15/h6-12,14H,4-5,13H2,1-3H3,(H,23,25). The van der Waals surface area contributed by atoms with E-state index in [9.17, 15) is 13.2 Å². The van der Waals surface area contributed by atoms with Crippen molar-refractivity contribution in [2.45, 2.75) is 38.1 Å². The van der Waals surface area contributed by atoms with Gasteiger partial charge in [-0.15, -0.1) is 0 Å². The molecule has 8 heteroatoms. The molecule has 0 fully saturated rings. The number of halogens is 2. The Morgan fingerprint density at radius 1 is 1.04 bits per heavy atom. The third-order valence-electron chi connectivity index (χ3n) is 4.45. The van der Waals surface area contributed by atoms with Crippen molar-refractivity contribution >= 4 is 39.1 Å². The van der Waals surface area contributed by atoms with Crippen molar-refractivity contribution in [2.75, 3.05) is 13.1 Å². The lowest BCUT2D eigenvalue weighted by Crippen LogP contribution is -2.30. The number of nitrogens with one attached hydrogen (secondary N) is 1. The molecule has 28 heavy (non-hydrogen) atoms. The Balaban J connectivity index is 2.05. The summed E-state index contributed by atoms with van der Waals surface area (Å²) in [6.07, 6.45) is 0.176. The Bertz CT molecular complexity index is 927. The fourth-order valence-electron chi connectivity index (χ4n) is 2.85. The van der Waals surface area contributed by atoms with E-state index in [0.29, 0.717) is 23.1 Å². The minimum Gasteiger partial charge on any atom is -0.349 e. The first-order valence-corrected chi connectivity index (χ1v) is 11.2. The highest BCUT2D eigenvalue weighted by molar-refractivity contribution is 7.89. The van der Waals surface area contributed by atoms with Crippen LogP contribution in [-0.2, 0) is 21.2 Å². The van der Waals surface area contributed by atoms with Gasteiger partial charge in [-0.2, -0.15) is 4.31 Å². The Hall–Kier alpha value is -1.60. The van der Waals surface area contributed by atoms with E-state index in [4.69, 9.17) is 23.2 Å². The fraction of sp³-hybridized carbons (Fsp3) is 0.350. The Labute approximate surface area is 176 Å². The molecule has 0 aliphatic rings. The maximum Gasteiger partial charge on any atom is 0.243 e. The molecule has 1 unspecified atom stereocenters. The molecule has 0 spiro atoms. The van der Waals surface area contributed by atoms with Crippen LogP contribution in [0, 0.1) is 0 Å². The van der Waals surface area contributed by atoms with Gasteiger partial charge in [0.15, 0.2) is 0 Å². The summed E-state index contributed by atoms with van der Waals surface area (Å²) >= 11 is 11.9. The number of carbonyl (C=O) groups is 1. The quantitative estimate of drug-likeness (QED) is 0.656.